The Morgan fingerprint density at radius 2 is 1.96 bits per heavy atom. The predicted molar refractivity (Wildman–Crippen MR) is 101 cm³/mol. The number of aliphatic imine (C=N–C) groups is 1. The van der Waals surface area contributed by atoms with Crippen LogP contribution < -0.4 is 4.72 Å². The molecule has 142 valence electrons. The Balaban J connectivity index is 1.64. The van der Waals surface area contributed by atoms with Gasteiger partial charge in [-0.1, -0.05) is 29.8 Å². The van der Waals surface area contributed by atoms with Gasteiger partial charge in [-0.2, -0.15) is 0 Å². The molecule has 0 saturated heterocycles. The Kier molecular flexibility index (Phi) is 5.48. The van der Waals surface area contributed by atoms with E-state index in [1.54, 1.807) is 31.3 Å². The molecule has 1 amide bonds. The molecule has 0 aromatic heterocycles. The summed E-state index contributed by atoms with van der Waals surface area (Å²) in [5, 5.41) is 0.256. The highest BCUT2D eigenvalue weighted by Gasteiger charge is 2.30. The maximum absolute atomic E-state index is 13.8. The van der Waals surface area contributed by atoms with Crippen LogP contribution in [0.25, 0.3) is 0 Å². The van der Waals surface area contributed by atoms with Gasteiger partial charge in [0.1, 0.15) is 11.7 Å². The fraction of sp³-hybridized carbons (Fsp3) is 0.222. The number of fused-ring (bicyclic) bond motifs is 1. The average molecular weight is 410 g/mol. The van der Waals surface area contributed by atoms with E-state index in [0.29, 0.717) is 5.56 Å². The molecule has 0 unspecified atom stereocenters. The molecule has 1 aliphatic rings. The van der Waals surface area contributed by atoms with Crippen molar-refractivity contribution in [2.45, 2.75) is 17.9 Å². The number of carbonyl (C=O) groups is 1. The van der Waals surface area contributed by atoms with Crippen molar-refractivity contribution in [1.29, 1.82) is 0 Å². The van der Waals surface area contributed by atoms with Crippen molar-refractivity contribution in [1.82, 2.24) is 9.62 Å². The van der Waals surface area contributed by atoms with E-state index in [9.17, 15) is 17.6 Å². The third-order valence-corrected chi connectivity index (χ3v) is 5.89. The molecule has 0 fully saturated rings. The molecule has 2 aromatic carbocycles. The topological polar surface area (TPSA) is 78.8 Å². The normalized spacial score (nSPS) is 16.0. The lowest BCUT2D eigenvalue weighted by Crippen LogP contribution is -2.28. The summed E-state index contributed by atoms with van der Waals surface area (Å²) >= 11 is 5.98. The molecule has 1 aliphatic heterocycles. The monoisotopic (exact) mass is 409 g/mol. The van der Waals surface area contributed by atoms with Gasteiger partial charge in [-0.25, -0.2) is 12.8 Å². The summed E-state index contributed by atoms with van der Waals surface area (Å²) in [7, 11) is -2.06. The highest BCUT2D eigenvalue weighted by atomic mass is 35.5. The number of rotatable bonds is 5. The lowest BCUT2D eigenvalue weighted by molar-refractivity contribution is -0.130. The minimum absolute atomic E-state index is 0.0381. The molecule has 27 heavy (non-hydrogen) atoms. The maximum Gasteiger partial charge on any atom is 0.263 e. The van der Waals surface area contributed by atoms with Gasteiger partial charge in [0, 0.05) is 36.2 Å². The molecule has 0 radical (unpaired) electrons. The molecule has 1 heterocycles. The molecule has 0 aliphatic carbocycles. The van der Waals surface area contributed by atoms with Gasteiger partial charge in [-0.3, -0.25) is 14.5 Å². The summed E-state index contributed by atoms with van der Waals surface area (Å²) in [6.07, 6.45) is 0.0516. The van der Waals surface area contributed by atoms with Crippen LogP contribution in [0.3, 0.4) is 0 Å². The highest BCUT2D eigenvalue weighted by Crippen LogP contribution is 2.22. The molecule has 1 N–H and O–H groups in total. The second-order valence-corrected chi connectivity index (χ2v) is 8.09. The fourth-order valence-electron chi connectivity index (χ4n) is 2.71. The molecular weight excluding hydrogens is 393 g/mol. The van der Waals surface area contributed by atoms with E-state index in [2.05, 4.69) is 9.71 Å². The number of sulfonamides is 1. The van der Waals surface area contributed by atoms with Gasteiger partial charge in [0.25, 0.3) is 10.0 Å². The first-order valence-electron chi connectivity index (χ1n) is 8.13. The van der Waals surface area contributed by atoms with Crippen molar-refractivity contribution >= 4 is 33.4 Å². The molecule has 6 nitrogen and oxygen atoms in total. The molecular formula is C18H17ClFN3O3S. The van der Waals surface area contributed by atoms with E-state index < -0.39 is 15.8 Å². The quantitative estimate of drug-likeness (QED) is 0.824. The van der Waals surface area contributed by atoms with Crippen LogP contribution in [0.15, 0.2) is 52.4 Å². The van der Waals surface area contributed by atoms with Gasteiger partial charge >= 0.3 is 0 Å². The molecule has 2 aromatic rings. The number of benzene rings is 2. The number of halogens is 2. The van der Waals surface area contributed by atoms with Crippen molar-refractivity contribution in [3.63, 3.8) is 0 Å². The number of nitrogens with one attached hydrogen (secondary N) is 1. The summed E-state index contributed by atoms with van der Waals surface area (Å²) < 4.78 is 40.3. The van der Waals surface area contributed by atoms with Gasteiger partial charge in [0.15, 0.2) is 0 Å². The first-order valence-corrected chi connectivity index (χ1v) is 9.99. The third kappa shape index (κ3) is 4.12. The van der Waals surface area contributed by atoms with Gasteiger partial charge in [0.2, 0.25) is 5.91 Å². The van der Waals surface area contributed by atoms with Gasteiger partial charge in [0.05, 0.1) is 11.4 Å². The Labute approximate surface area is 161 Å². The molecule has 0 bridgehead atoms. The van der Waals surface area contributed by atoms with Crippen LogP contribution in [0, 0.1) is 5.82 Å². The lowest BCUT2D eigenvalue weighted by atomic mass is 10.2. The van der Waals surface area contributed by atoms with Crippen LogP contribution in [0.4, 0.5) is 4.39 Å². The standard InChI is InChI=1S/C18H17ClFN3O3S/c1-23(11-13-14(19)6-4-7-15(13)20)17(24)9-10-21-18-12-5-2-3-8-16(12)27(25,26)22-18/h2-8H,9-11H2,1H3,(H,21,22). The minimum atomic E-state index is -3.60. The Morgan fingerprint density at radius 1 is 1.22 bits per heavy atom. The van der Waals surface area contributed by atoms with Crippen LogP contribution >= 0.6 is 11.6 Å². The largest absolute Gasteiger partial charge is 0.341 e. The summed E-state index contributed by atoms with van der Waals surface area (Å²) in [6, 6.07) is 10.8. The number of hydrogen-bond donors (Lipinski definition) is 1. The Hall–Kier alpha value is -2.45. The zero-order valence-electron chi connectivity index (χ0n) is 14.4. The van der Waals surface area contributed by atoms with Crippen molar-refractivity contribution in [3.05, 3.63) is 64.4 Å². The maximum atomic E-state index is 13.8. The second kappa shape index (κ2) is 7.66. The van der Waals surface area contributed by atoms with Crippen molar-refractivity contribution in [3.8, 4) is 0 Å². The van der Waals surface area contributed by atoms with Crippen LogP contribution in [-0.4, -0.2) is 38.7 Å². The first kappa shape index (κ1) is 19.3. The van der Waals surface area contributed by atoms with Crippen molar-refractivity contribution in [2.24, 2.45) is 4.99 Å². The average Bonchev–Trinajstić information content (AvgIpc) is 2.89. The van der Waals surface area contributed by atoms with Crippen LogP contribution in [0.1, 0.15) is 17.5 Å². The number of carbonyl (C=O) groups excluding carboxylic acids is 1. The minimum Gasteiger partial charge on any atom is -0.341 e. The molecule has 0 saturated carbocycles. The van der Waals surface area contributed by atoms with Gasteiger partial charge < -0.3 is 4.90 Å². The van der Waals surface area contributed by atoms with E-state index in [4.69, 9.17) is 11.6 Å². The number of amides is 1. The van der Waals surface area contributed by atoms with E-state index in [1.165, 1.54) is 23.1 Å². The van der Waals surface area contributed by atoms with E-state index in [1.807, 2.05) is 0 Å². The first-order chi connectivity index (χ1) is 12.8. The number of nitrogens with zero attached hydrogens (tertiary/aromatic N) is 2. The second-order valence-electron chi connectivity index (χ2n) is 6.03. The lowest BCUT2D eigenvalue weighted by Gasteiger charge is -2.18. The summed E-state index contributed by atoms with van der Waals surface area (Å²) in [5.41, 5.74) is 0.732. The molecule has 0 spiro atoms. The zero-order chi connectivity index (χ0) is 19.6. The molecule has 0 atom stereocenters. The van der Waals surface area contributed by atoms with E-state index in [-0.39, 0.29) is 46.7 Å². The number of hydrogen-bond acceptors (Lipinski definition) is 4. The molecule has 9 heteroatoms. The van der Waals surface area contributed by atoms with Crippen LogP contribution in [0.5, 0.6) is 0 Å². The van der Waals surface area contributed by atoms with Gasteiger partial charge in [-0.05, 0) is 24.3 Å². The smallest absolute Gasteiger partial charge is 0.263 e. The Morgan fingerprint density at radius 3 is 2.70 bits per heavy atom. The van der Waals surface area contributed by atoms with E-state index >= 15 is 0 Å². The highest BCUT2D eigenvalue weighted by molar-refractivity contribution is 7.90. The molecule has 3 rings (SSSR count). The van der Waals surface area contributed by atoms with Crippen LogP contribution in [0.2, 0.25) is 5.02 Å². The summed E-state index contributed by atoms with van der Waals surface area (Å²) in [5.74, 6) is -0.509. The SMILES string of the molecule is CN(Cc1c(F)cccc1Cl)C(=O)CCN=C1NS(=O)(=O)c2ccccc21. The third-order valence-electron chi connectivity index (χ3n) is 4.14. The predicted octanol–water partition coefficient (Wildman–Crippen LogP) is 2.57. The van der Waals surface area contributed by atoms with Gasteiger partial charge in [-0.15, -0.1) is 0 Å². The van der Waals surface area contributed by atoms with Crippen molar-refractivity contribution in [2.75, 3.05) is 13.6 Å². The fourth-order valence-corrected chi connectivity index (χ4v) is 4.19. The summed E-state index contributed by atoms with van der Waals surface area (Å²) in [6.45, 7) is 0.136. The van der Waals surface area contributed by atoms with E-state index in [0.717, 1.165) is 0 Å². The zero-order valence-corrected chi connectivity index (χ0v) is 16.0. The Bertz CT molecular complexity index is 1000. The summed E-state index contributed by atoms with van der Waals surface area (Å²) in [4.78, 5) is 18.0. The number of amidine groups is 1. The van der Waals surface area contributed by atoms with Crippen LogP contribution in [-0.2, 0) is 21.4 Å². The van der Waals surface area contributed by atoms with Crippen molar-refractivity contribution < 1.29 is 17.6 Å².